The van der Waals surface area contributed by atoms with Crippen molar-refractivity contribution in [2.75, 3.05) is 26.4 Å². The monoisotopic (exact) mass is 1390 g/mol. The summed E-state index contributed by atoms with van der Waals surface area (Å²) in [4.78, 5) is 13.4. The molecule has 572 valence electrons. The summed E-state index contributed by atoms with van der Waals surface area (Å²) in [6, 6.07) is -0.988. The van der Waals surface area contributed by atoms with Crippen LogP contribution in [-0.4, -0.2) is 193 Å². The van der Waals surface area contributed by atoms with E-state index in [-0.39, 0.29) is 18.9 Å². The molecule has 3 aliphatic heterocycles. The molecule has 0 bridgehead atoms. The van der Waals surface area contributed by atoms with Gasteiger partial charge in [-0.1, -0.05) is 321 Å². The molecule has 17 atom stereocenters. The lowest BCUT2D eigenvalue weighted by atomic mass is 9.96. The number of amides is 1. The summed E-state index contributed by atoms with van der Waals surface area (Å²) in [5.74, 6) is -0.279. The van der Waals surface area contributed by atoms with Crippen LogP contribution in [0.2, 0.25) is 0 Å². The van der Waals surface area contributed by atoms with Crippen LogP contribution in [0.15, 0.2) is 24.3 Å². The van der Waals surface area contributed by atoms with Crippen molar-refractivity contribution < 1.29 is 89.4 Å². The van der Waals surface area contributed by atoms with Crippen molar-refractivity contribution in [3.63, 3.8) is 0 Å². The van der Waals surface area contributed by atoms with Gasteiger partial charge in [0.15, 0.2) is 18.9 Å². The lowest BCUT2D eigenvalue weighted by molar-refractivity contribution is -0.379. The lowest BCUT2D eigenvalue weighted by Gasteiger charge is -2.48. The topological polar surface area (TPSA) is 307 Å². The highest BCUT2D eigenvalue weighted by Crippen LogP contribution is 2.33. The van der Waals surface area contributed by atoms with Crippen LogP contribution in [0.25, 0.3) is 0 Å². The van der Waals surface area contributed by atoms with Crippen molar-refractivity contribution in [1.82, 2.24) is 5.32 Å². The van der Waals surface area contributed by atoms with Gasteiger partial charge >= 0.3 is 0 Å². The number of carbonyl (C=O) groups is 1. The second-order valence-electron chi connectivity index (χ2n) is 28.9. The maximum atomic E-state index is 13.4. The van der Waals surface area contributed by atoms with Crippen molar-refractivity contribution in [3.8, 4) is 0 Å². The Morgan fingerprint density at radius 3 is 1.03 bits per heavy atom. The largest absolute Gasteiger partial charge is 0.394 e. The molecule has 0 saturated carbocycles. The van der Waals surface area contributed by atoms with Gasteiger partial charge in [0, 0.05) is 6.42 Å². The van der Waals surface area contributed by atoms with Gasteiger partial charge < -0.3 is 89.9 Å². The number of carbonyl (C=O) groups excluding carboxylic acids is 1. The molecule has 19 heteroatoms. The van der Waals surface area contributed by atoms with Gasteiger partial charge in [0.05, 0.1) is 38.6 Å². The highest BCUT2D eigenvalue weighted by atomic mass is 16.8. The van der Waals surface area contributed by atoms with Gasteiger partial charge in [-0.3, -0.25) is 4.79 Å². The highest BCUT2D eigenvalue weighted by molar-refractivity contribution is 5.76. The van der Waals surface area contributed by atoms with Gasteiger partial charge in [0.2, 0.25) is 5.91 Å². The van der Waals surface area contributed by atoms with Gasteiger partial charge in [-0.05, 0) is 32.1 Å². The van der Waals surface area contributed by atoms with Crippen LogP contribution in [0.4, 0.5) is 0 Å². The Bertz CT molecular complexity index is 1850. The Morgan fingerprint density at radius 2 is 0.660 bits per heavy atom. The number of aliphatic hydroxyl groups excluding tert-OH is 11. The number of rotatable bonds is 64. The molecule has 3 saturated heterocycles. The summed E-state index contributed by atoms with van der Waals surface area (Å²) in [6.07, 6.45) is 44.7. The first-order valence-corrected chi connectivity index (χ1v) is 40.1. The van der Waals surface area contributed by atoms with Gasteiger partial charge in [-0.2, -0.15) is 0 Å². The number of hydrogen-bond donors (Lipinski definition) is 12. The molecule has 3 rings (SSSR count). The fraction of sp³-hybridized carbons (Fsp3) is 0.936. The molecule has 3 fully saturated rings. The van der Waals surface area contributed by atoms with Crippen LogP contribution in [0.3, 0.4) is 0 Å². The third kappa shape index (κ3) is 40.2. The van der Waals surface area contributed by atoms with E-state index in [2.05, 4.69) is 31.3 Å². The second kappa shape index (κ2) is 59.6. The minimum absolute atomic E-state index is 0.241. The molecule has 0 aliphatic carbocycles. The zero-order valence-electron chi connectivity index (χ0n) is 61.1. The number of unbranched alkanes of at least 4 members (excludes halogenated alkanes) is 46. The summed E-state index contributed by atoms with van der Waals surface area (Å²) >= 11 is 0. The molecule has 0 spiro atoms. The molecule has 3 aliphatic rings. The minimum atomic E-state index is -1.98. The molecular weight excluding hydrogens is 1240 g/mol. The standard InChI is InChI=1S/C78H147NO18/c1-3-5-7-9-11-13-15-17-19-21-23-24-25-26-27-28-29-30-31-32-33-34-35-36-38-39-41-43-45-47-49-51-53-55-62(83)61(79-66(84)56-54-52-50-48-46-44-42-40-37-22-20-18-16-14-12-10-8-6-4-2)60-92-76-72(90)69(87)74(64(58-81)94-76)97-78-73(91)70(88)75(65(59-82)95-78)96-77-71(89)68(86)67(85)63(57-80)93-77/h45,47,53,55,61-65,67-78,80-83,85-91H,3-44,46,48-52,54,56-60H2,1-2H3,(H,79,84)/b47-45+,55-53+. The van der Waals surface area contributed by atoms with Crippen molar-refractivity contribution >= 4 is 5.91 Å². The number of nitrogens with one attached hydrogen (secondary N) is 1. The molecular formula is C78H147NO18. The number of allylic oxidation sites excluding steroid dienone is 3. The first kappa shape index (κ1) is 89.5. The summed E-state index contributed by atoms with van der Waals surface area (Å²) in [5, 5.41) is 121. The zero-order chi connectivity index (χ0) is 70.4. The van der Waals surface area contributed by atoms with E-state index in [0.29, 0.717) is 12.8 Å². The predicted molar refractivity (Wildman–Crippen MR) is 383 cm³/mol. The Morgan fingerprint density at radius 1 is 0.361 bits per heavy atom. The summed E-state index contributed by atoms with van der Waals surface area (Å²) in [7, 11) is 0. The van der Waals surface area contributed by atoms with Crippen molar-refractivity contribution in [3.05, 3.63) is 24.3 Å². The molecule has 97 heavy (non-hydrogen) atoms. The normalized spacial score (nSPS) is 27.0. The molecule has 0 aromatic carbocycles. The third-order valence-corrected chi connectivity index (χ3v) is 20.3. The summed E-state index contributed by atoms with van der Waals surface area (Å²) in [6.45, 7) is 1.77. The zero-order valence-corrected chi connectivity index (χ0v) is 61.1. The Hall–Kier alpha value is -1.73. The molecule has 0 aromatic heterocycles. The van der Waals surface area contributed by atoms with E-state index in [1.165, 1.54) is 263 Å². The quantitative estimate of drug-likeness (QED) is 0.0199. The van der Waals surface area contributed by atoms with Gasteiger partial charge in [0.25, 0.3) is 0 Å². The van der Waals surface area contributed by atoms with Crippen LogP contribution in [-0.2, 0) is 33.2 Å². The fourth-order valence-corrected chi connectivity index (χ4v) is 13.8. The van der Waals surface area contributed by atoms with E-state index in [9.17, 15) is 61.0 Å². The van der Waals surface area contributed by atoms with E-state index in [1.54, 1.807) is 6.08 Å². The van der Waals surface area contributed by atoms with E-state index >= 15 is 0 Å². The first-order chi connectivity index (χ1) is 47.3. The van der Waals surface area contributed by atoms with E-state index in [1.807, 2.05) is 6.08 Å². The number of hydrogen-bond acceptors (Lipinski definition) is 18. The Kier molecular flexibility index (Phi) is 55.0. The van der Waals surface area contributed by atoms with Crippen LogP contribution in [0.1, 0.15) is 335 Å². The lowest BCUT2D eigenvalue weighted by Crippen LogP contribution is -2.66. The van der Waals surface area contributed by atoms with Gasteiger partial charge in [-0.25, -0.2) is 0 Å². The van der Waals surface area contributed by atoms with E-state index < -0.39 is 124 Å². The van der Waals surface area contributed by atoms with Crippen LogP contribution >= 0.6 is 0 Å². The van der Waals surface area contributed by atoms with Gasteiger partial charge in [0.1, 0.15) is 73.2 Å². The SMILES string of the molecule is CCCCCCCCCCCCCCCCCCCCCCCCCCCCC/C=C/CC/C=C/C(O)C(COC1OC(CO)C(OC2OC(CO)C(OC3OC(CO)C(O)C(O)C3O)C(O)C2O)C(O)C1O)NC(=O)CCCCCCCCCCCCCCCCCCCCC. The second-order valence-corrected chi connectivity index (χ2v) is 28.9. The highest BCUT2D eigenvalue weighted by Gasteiger charge is 2.54. The number of aliphatic hydroxyl groups is 11. The molecule has 3 heterocycles. The molecule has 19 nitrogen and oxygen atoms in total. The number of ether oxygens (including phenoxy) is 6. The average molecular weight is 1390 g/mol. The smallest absolute Gasteiger partial charge is 0.220 e. The van der Waals surface area contributed by atoms with Crippen LogP contribution in [0, 0.1) is 0 Å². The molecule has 12 N–H and O–H groups in total. The van der Waals surface area contributed by atoms with Crippen molar-refractivity contribution in [1.29, 1.82) is 0 Å². The van der Waals surface area contributed by atoms with Crippen molar-refractivity contribution in [2.45, 2.75) is 439 Å². The van der Waals surface area contributed by atoms with E-state index in [0.717, 1.165) is 38.5 Å². The molecule has 0 radical (unpaired) electrons. The van der Waals surface area contributed by atoms with Crippen molar-refractivity contribution in [2.24, 2.45) is 0 Å². The maximum absolute atomic E-state index is 13.4. The molecule has 1 amide bonds. The molecule has 17 unspecified atom stereocenters. The summed E-state index contributed by atoms with van der Waals surface area (Å²) in [5.41, 5.74) is 0. The minimum Gasteiger partial charge on any atom is -0.394 e. The van der Waals surface area contributed by atoms with E-state index in [4.69, 9.17) is 28.4 Å². The average Bonchev–Trinajstić information content (AvgIpc) is 0.792. The first-order valence-electron chi connectivity index (χ1n) is 40.1. The van der Waals surface area contributed by atoms with Crippen LogP contribution < -0.4 is 5.32 Å². The summed E-state index contributed by atoms with van der Waals surface area (Å²) < 4.78 is 34.4. The third-order valence-electron chi connectivity index (χ3n) is 20.3. The Labute approximate surface area is 588 Å². The van der Waals surface area contributed by atoms with Gasteiger partial charge in [-0.15, -0.1) is 0 Å². The predicted octanol–water partition coefficient (Wildman–Crippen LogP) is 13.0. The van der Waals surface area contributed by atoms with Crippen LogP contribution in [0.5, 0.6) is 0 Å². The maximum Gasteiger partial charge on any atom is 0.220 e. The Balaban J connectivity index is 1.37. The fourth-order valence-electron chi connectivity index (χ4n) is 13.8. The molecule has 0 aromatic rings.